The highest BCUT2D eigenvalue weighted by Crippen LogP contribution is 2.38. The number of urea groups is 1. The van der Waals surface area contributed by atoms with Crippen LogP contribution in [0.4, 0.5) is 4.79 Å². The van der Waals surface area contributed by atoms with E-state index >= 15 is 0 Å². The standard InChI is InChI=1S/C16H20N2O2/c1-11-14(19)18(15(20)17-11)10-16(2)9-5-7-12-6-3-4-8-13(12)16/h3-4,6,8,11H,5,7,9-10H2,1-2H3,(H,17,20)/t11-,16+/m0/s1. The summed E-state index contributed by atoms with van der Waals surface area (Å²) in [4.78, 5) is 25.4. The van der Waals surface area contributed by atoms with E-state index in [0.29, 0.717) is 6.54 Å². The smallest absolute Gasteiger partial charge is 0.324 e. The van der Waals surface area contributed by atoms with Crippen LogP contribution >= 0.6 is 0 Å². The normalized spacial score (nSPS) is 29.3. The Labute approximate surface area is 119 Å². The third-order valence-electron chi connectivity index (χ3n) is 4.57. The number of benzene rings is 1. The Morgan fingerprint density at radius 2 is 2.10 bits per heavy atom. The van der Waals surface area contributed by atoms with E-state index in [2.05, 4.69) is 30.4 Å². The van der Waals surface area contributed by atoms with Crippen molar-refractivity contribution in [1.29, 1.82) is 0 Å². The number of hydrogen-bond donors (Lipinski definition) is 1. The summed E-state index contributed by atoms with van der Waals surface area (Å²) in [6.45, 7) is 4.37. The predicted molar refractivity (Wildman–Crippen MR) is 76.4 cm³/mol. The van der Waals surface area contributed by atoms with E-state index in [-0.39, 0.29) is 17.4 Å². The monoisotopic (exact) mass is 272 g/mol. The summed E-state index contributed by atoms with van der Waals surface area (Å²) < 4.78 is 0. The maximum Gasteiger partial charge on any atom is 0.324 e. The summed E-state index contributed by atoms with van der Waals surface area (Å²) in [6, 6.07) is 7.73. The lowest BCUT2D eigenvalue weighted by Gasteiger charge is -2.38. The van der Waals surface area contributed by atoms with Gasteiger partial charge >= 0.3 is 6.03 Å². The molecule has 1 aromatic rings. The van der Waals surface area contributed by atoms with Crippen LogP contribution in [0, 0.1) is 0 Å². The average Bonchev–Trinajstić information content (AvgIpc) is 2.66. The van der Waals surface area contributed by atoms with Gasteiger partial charge in [-0.3, -0.25) is 9.69 Å². The summed E-state index contributed by atoms with van der Waals surface area (Å²) in [5, 5.41) is 2.68. The van der Waals surface area contributed by atoms with E-state index < -0.39 is 6.04 Å². The number of hydrogen-bond acceptors (Lipinski definition) is 2. The molecule has 20 heavy (non-hydrogen) atoms. The van der Waals surface area contributed by atoms with Crippen molar-refractivity contribution in [2.45, 2.75) is 44.6 Å². The van der Waals surface area contributed by atoms with Gasteiger partial charge in [0.2, 0.25) is 0 Å². The molecule has 1 aliphatic carbocycles. The van der Waals surface area contributed by atoms with Crippen LogP contribution in [-0.4, -0.2) is 29.4 Å². The number of amides is 3. The van der Waals surface area contributed by atoms with E-state index in [1.54, 1.807) is 6.92 Å². The molecule has 0 aromatic heterocycles. The highest BCUT2D eigenvalue weighted by Gasteiger charge is 2.41. The molecule has 106 valence electrons. The molecule has 2 aliphatic rings. The van der Waals surface area contributed by atoms with Gasteiger partial charge in [0.1, 0.15) is 6.04 Å². The van der Waals surface area contributed by atoms with Gasteiger partial charge < -0.3 is 5.32 Å². The minimum absolute atomic E-state index is 0.112. The van der Waals surface area contributed by atoms with E-state index in [1.807, 2.05) is 6.07 Å². The van der Waals surface area contributed by atoms with Crippen LogP contribution in [0.1, 0.15) is 37.8 Å². The molecule has 1 N–H and O–H groups in total. The predicted octanol–water partition coefficient (Wildman–Crippen LogP) is 2.22. The summed E-state index contributed by atoms with van der Waals surface area (Å²) in [7, 11) is 0. The highest BCUT2D eigenvalue weighted by atomic mass is 16.2. The van der Waals surface area contributed by atoms with E-state index in [1.165, 1.54) is 16.0 Å². The summed E-state index contributed by atoms with van der Waals surface area (Å²) in [6.07, 6.45) is 3.20. The van der Waals surface area contributed by atoms with Gasteiger partial charge in [-0.15, -0.1) is 0 Å². The van der Waals surface area contributed by atoms with Crippen molar-refractivity contribution < 1.29 is 9.59 Å². The Morgan fingerprint density at radius 3 is 2.80 bits per heavy atom. The molecule has 4 nitrogen and oxygen atoms in total. The number of nitrogens with one attached hydrogen (secondary N) is 1. The van der Waals surface area contributed by atoms with Crippen LogP contribution in [0.3, 0.4) is 0 Å². The zero-order valence-corrected chi connectivity index (χ0v) is 12.0. The van der Waals surface area contributed by atoms with Crippen molar-refractivity contribution in [2.75, 3.05) is 6.54 Å². The van der Waals surface area contributed by atoms with Gasteiger partial charge in [0.25, 0.3) is 5.91 Å². The molecule has 1 aliphatic heterocycles. The number of fused-ring (bicyclic) bond motifs is 1. The number of nitrogens with zero attached hydrogens (tertiary/aromatic N) is 1. The lowest BCUT2D eigenvalue weighted by Crippen LogP contribution is -2.44. The third kappa shape index (κ3) is 1.99. The van der Waals surface area contributed by atoms with Crippen LogP contribution < -0.4 is 5.32 Å². The second kappa shape index (κ2) is 4.62. The zero-order chi connectivity index (χ0) is 14.3. The molecule has 2 atom stereocenters. The zero-order valence-electron chi connectivity index (χ0n) is 12.0. The van der Waals surface area contributed by atoms with Gasteiger partial charge in [0.05, 0.1) is 0 Å². The van der Waals surface area contributed by atoms with Crippen molar-refractivity contribution in [1.82, 2.24) is 10.2 Å². The Morgan fingerprint density at radius 1 is 1.35 bits per heavy atom. The minimum Gasteiger partial charge on any atom is -0.326 e. The van der Waals surface area contributed by atoms with Gasteiger partial charge in [-0.25, -0.2) is 4.79 Å². The van der Waals surface area contributed by atoms with Crippen molar-refractivity contribution in [3.05, 3.63) is 35.4 Å². The van der Waals surface area contributed by atoms with Crippen LogP contribution in [0.25, 0.3) is 0 Å². The van der Waals surface area contributed by atoms with Gasteiger partial charge in [-0.2, -0.15) is 0 Å². The van der Waals surface area contributed by atoms with Crippen molar-refractivity contribution in [3.63, 3.8) is 0 Å². The highest BCUT2D eigenvalue weighted by molar-refractivity contribution is 6.04. The maximum absolute atomic E-state index is 12.1. The average molecular weight is 272 g/mol. The molecule has 0 unspecified atom stereocenters. The SMILES string of the molecule is C[C@@H]1NC(=O)N(C[C@@]2(C)CCCc3ccccc32)C1=O. The van der Waals surface area contributed by atoms with Crippen molar-refractivity contribution in [3.8, 4) is 0 Å². The number of carbonyl (C=O) groups is 2. The Bertz CT molecular complexity index is 569. The van der Waals surface area contributed by atoms with Crippen LogP contribution in [0.2, 0.25) is 0 Å². The van der Waals surface area contributed by atoms with E-state index in [9.17, 15) is 9.59 Å². The Hall–Kier alpha value is -1.84. The Balaban J connectivity index is 1.91. The first-order chi connectivity index (χ1) is 9.51. The third-order valence-corrected chi connectivity index (χ3v) is 4.57. The molecule has 0 bridgehead atoms. The van der Waals surface area contributed by atoms with Crippen molar-refractivity contribution in [2.24, 2.45) is 0 Å². The van der Waals surface area contributed by atoms with Gasteiger partial charge in [-0.1, -0.05) is 31.2 Å². The molecule has 3 amide bonds. The number of imide groups is 1. The van der Waals surface area contributed by atoms with Gasteiger partial charge in [0, 0.05) is 12.0 Å². The number of rotatable bonds is 2. The molecule has 1 heterocycles. The summed E-state index contributed by atoms with van der Waals surface area (Å²) in [5.74, 6) is -0.112. The van der Waals surface area contributed by atoms with Crippen molar-refractivity contribution >= 4 is 11.9 Å². The summed E-state index contributed by atoms with van der Waals surface area (Å²) in [5.41, 5.74) is 2.50. The molecule has 1 saturated heterocycles. The molecule has 1 fully saturated rings. The molecular weight excluding hydrogens is 252 g/mol. The quantitative estimate of drug-likeness (QED) is 0.839. The fourth-order valence-electron chi connectivity index (χ4n) is 3.45. The molecule has 0 radical (unpaired) electrons. The van der Waals surface area contributed by atoms with Crippen LogP contribution in [-0.2, 0) is 16.6 Å². The molecule has 0 saturated carbocycles. The molecule has 1 aromatic carbocycles. The molecule has 0 spiro atoms. The van der Waals surface area contributed by atoms with E-state index in [0.717, 1.165) is 19.3 Å². The number of carbonyl (C=O) groups excluding carboxylic acids is 2. The molecular formula is C16H20N2O2. The maximum atomic E-state index is 12.1. The summed E-state index contributed by atoms with van der Waals surface area (Å²) >= 11 is 0. The number of aryl methyl sites for hydroxylation is 1. The van der Waals surface area contributed by atoms with Gasteiger partial charge in [0.15, 0.2) is 0 Å². The lowest BCUT2D eigenvalue weighted by atomic mass is 9.71. The fourth-order valence-corrected chi connectivity index (χ4v) is 3.45. The van der Waals surface area contributed by atoms with Gasteiger partial charge in [-0.05, 0) is 37.3 Å². The minimum atomic E-state index is -0.398. The fraction of sp³-hybridized carbons (Fsp3) is 0.500. The first-order valence-corrected chi connectivity index (χ1v) is 7.21. The largest absolute Gasteiger partial charge is 0.326 e. The van der Waals surface area contributed by atoms with Crippen LogP contribution in [0.5, 0.6) is 0 Å². The molecule has 4 heteroatoms. The second-order valence-electron chi connectivity index (χ2n) is 6.17. The topological polar surface area (TPSA) is 49.4 Å². The molecule has 3 rings (SSSR count). The first kappa shape index (κ1) is 13.2. The second-order valence-corrected chi connectivity index (χ2v) is 6.17. The Kier molecular flexibility index (Phi) is 3.04. The van der Waals surface area contributed by atoms with E-state index in [4.69, 9.17) is 0 Å². The first-order valence-electron chi connectivity index (χ1n) is 7.21. The van der Waals surface area contributed by atoms with Crippen LogP contribution in [0.15, 0.2) is 24.3 Å². The lowest BCUT2D eigenvalue weighted by molar-refractivity contribution is -0.127.